The maximum atomic E-state index is 15.0. The van der Waals surface area contributed by atoms with E-state index in [1.165, 1.54) is 26.0 Å². The quantitative estimate of drug-likeness (QED) is 0.147. The molecule has 3 fully saturated rings. The van der Waals surface area contributed by atoms with Crippen LogP contribution >= 0.6 is 0 Å². The standard InChI is InChI=1S/C43H53NO14/c1-22-26(55-37(51)30(44-38(52)58-39(3,4)5)31(47)24-15-11-9-12-16-24)20-43(53)35(56-36(50)25-17-13-10-14-18-25)33-41(8,34(49)32(48)29(22)40(43,6)7)27(46)19-28-42(33,21-54-28)57-23(2)45/h9-18,26-28,30-33,35,46-48,53H,19-21H2,1-8H3,(H,44,52)/t26-,27-,28+,30-,31+,32+,33-,35-,41+,42-,43+/m0/s1. The molecule has 2 aromatic carbocycles. The molecule has 1 saturated heterocycles. The van der Waals surface area contributed by atoms with Crippen molar-refractivity contribution in [2.24, 2.45) is 16.7 Å². The maximum Gasteiger partial charge on any atom is 0.408 e. The fourth-order valence-corrected chi connectivity index (χ4v) is 9.53. The Morgan fingerprint density at radius 3 is 2.10 bits per heavy atom. The van der Waals surface area contributed by atoms with Crippen molar-refractivity contribution in [1.82, 2.24) is 5.32 Å². The van der Waals surface area contributed by atoms with Crippen molar-refractivity contribution in [3.63, 3.8) is 0 Å². The molecular weight excluding hydrogens is 754 g/mol. The van der Waals surface area contributed by atoms with Gasteiger partial charge in [-0.15, -0.1) is 0 Å². The SMILES string of the molecule is CC(=O)O[C@@]12CO[C@@H]1C[C@H](O)[C@@]1(C)C(=O)[C@H](O)C3=C(C)[C@@H](OC(=O)[C@@H](NC(=O)OC(C)(C)C)[C@H](O)c4ccccc4)C[C@@](O)([C@@H](OC(=O)c4ccccc4)[C@H]21)C3(C)C. The Kier molecular flexibility index (Phi) is 11.2. The number of rotatable bonds is 8. The number of hydrogen-bond acceptors (Lipinski definition) is 14. The highest BCUT2D eigenvalue weighted by molar-refractivity contribution is 5.94. The molecule has 4 aliphatic rings. The molecule has 5 N–H and O–H groups in total. The third-order valence-electron chi connectivity index (χ3n) is 12.6. The number of ether oxygens (including phenoxy) is 5. The number of esters is 3. The number of benzene rings is 2. The first-order chi connectivity index (χ1) is 27.0. The summed E-state index contributed by atoms with van der Waals surface area (Å²) in [5, 5.41) is 51.4. The molecule has 0 unspecified atom stereocenters. The van der Waals surface area contributed by atoms with E-state index in [1.54, 1.807) is 83.1 Å². The van der Waals surface area contributed by atoms with Crippen LogP contribution in [0.2, 0.25) is 0 Å². The molecule has 1 aliphatic heterocycles. The number of Topliss-reactive ketones (excluding diaryl/α,β-unsaturated/α-hetero) is 1. The van der Waals surface area contributed by atoms with Crippen molar-refractivity contribution in [2.45, 2.75) is 128 Å². The molecule has 0 spiro atoms. The van der Waals surface area contributed by atoms with Gasteiger partial charge in [0.15, 0.2) is 17.4 Å². The minimum Gasteiger partial charge on any atom is -0.456 e. The van der Waals surface area contributed by atoms with Gasteiger partial charge < -0.3 is 49.4 Å². The van der Waals surface area contributed by atoms with Crippen molar-refractivity contribution < 1.29 is 68.1 Å². The van der Waals surface area contributed by atoms with Crippen LogP contribution in [0.15, 0.2) is 71.8 Å². The highest BCUT2D eigenvalue weighted by Gasteiger charge is 2.78. The molecule has 11 atom stereocenters. The second-order valence-electron chi connectivity index (χ2n) is 17.6. The number of ketones is 1. The fraction of sp³-hybridized carbons (Fsp3) is 0.558. The Balaban J connectivity index is 1.52. The van der Waals surface area contributed by atoms with Gasteiger partial charge in [-0.2, -0.15) is 0 Å². The Bertz CT molecular complexity index is 1980. The molecule has 1 amide bonds. The lowest BCUT2D eigenvalue weighted by molar-refractivity contribution is -0.346. The zero-order chi connectivity index (χ0) is 42.7. The van der Waals surface area contributed by atoms with E-state index < -0.39 is 112 Å². The van der Waals surface area contributed by atoms with Crippen LogP contribution in [0.1, 0.15) is 90.3 Å². The summed E-state index contributed by atoms with van der Waals surface area (Å²) in [7, 11) is 0. The molecule has 0 aromatic heterocycles. The fourth-order valence-electron chi connectivity index (χ4n) is 9.53. The molecule has 2 bridgehead atoms. The number of carbonyl (C=O) groups is 5. The summed E-state index contributed by atoms with van der Waals surface area (Å²) in [6, 6.07) is 14.1. The lowest BCUT2D eigenvalue weighted by Crippen LogP contribution is -2.81. The first-order valence-electron chi connectivity index (χ1n) is 19.3. The zero-order valence-electron chi connectivity index (χ0n) is 33.9. The summed E-state index contributed by atoms with van der Waals surface area (Å²) in [6.45, 7) is 11.7. The number of hydrogen-bond donors (Lipinski definition) is 5. The van der Waals surface area contributed by atoms with Crippen molar-refractivity contribution >= 4 is 29.8 Å². The average Bonchev–Trinajstić information content (AvgIpc) is 3.14. The van der Waals surface area contributed by atoms with Crippen LogP contribution in [-0.2, 0) is 38.1 Å². The van der Waals surface area contributed by atoms with E-state index >= 15 is 0 Å². The van der Waals surface area contributed by atoms with Crippen LogP contribution in [0, 0.1) is 16.7 Å². The molecule has 2 saturated carbocycles. The Labute approximate surface area is 336 Å². The van der Waals surface area contributed by atoms with Gasteiger partial charge in [0, 0.05) is 25.2 Å². The second-order valence-corrected chi connectivity index (χ2v) is 17.6. The van der Waals surface area contributed by atoms with E-state index in [4.69, 9.17) is 23.7 Å². The van der Waals surface area contributed by atoms with Crippen LogP contribution < -0.4 is 5.32 Å². The van der Waals surface area contributed by atoms with E-state index in [0.717, 1.165) is 6.92 Å². The van der Waals surface area contributed by atoms with Gasteiger partial charge in [-0.3, -0.25) is 9.59 Å². The Hall–Kier alpha value is -4.67. The molecule has 1 heterocycles. The van der Waals surface area contributed by atoms with Gasteiger partial charge in [-0.25, -0.2) is 14.4 Å². The van der Waals surface area contributed by atoms with Crippen molar-refractivity contribution in [3.8, 4) is 0 Å². The van der Waals surface area contributed by atoms with E-state index in [9.17, 15) is 44.4 Å². The smallest absolute Gasteiger partial charge is 0.408 e. The molecule has 58 heavy (non-hydrogen) atoms. The molecule has 314 valence electrons. The molecular formula is C43H53NO14. The predicted molar refractivity (Wildman–Crippen MR) is 204 cm³/mol. The molecule has 3 aliphatic carbocycles. The van der Waals surface area contributed by atoms with Gasteiger partial charge in [-0.05, 0) is 63.5 Å². The number of fused-ring (bicyclic) bond motifs is 5. The number of carbonyl (C=O) groups excluding carboxylic acids is 5. The van der Waals surface area contributed by atoms with Crippen LogP contribution in [0.5, 0.6) is 0 Å². The first kappa shape index (κ1) is 42.9. The van der Waals surface area contributed by atoms with Crippen LogP contribution in [0.3, 0.4) is 0 Å². The number of alkyl carbamates (subject to hydrolysis) is 1. The number of aliphatic hydroxyl groups excluding tert-OH is 3. The van der Waals surface area contributed by atoms with E-state index in [2.05, 4.69) is 5.32 Å². The minimum atomic E-state index is -2.36. The number of nitrogens with one attached hydrogen (secondary N) is 1. The third kappa shape index (κ3) is 7.10. The lowest BCUT2D eigenvalue weighted by atomic mass is 9.44. The molecule has 2 aromatic rings. The molecule has 6 rings (SSSR count). The summed E-state index contributed by atoms with van der Waals surface area (Å²) in [5.74, 6) is -5.29. The molecule has 15 nitrogen and oxygen atoms in total. The summed E-state index contributed by atoms with van der Waals surface area (Å²) >= 11 is 0. The van der Waals surface area contributed by atoms with E-state index in [-0.39, 0.29) is 35.3 Å². The topological polar surface area (TPSA) is 224 Å². The van der Waals surface area contributed by atoms with Gasteiger partial charge in [0.1, 0.15) is 41.7 Å². The largest absolute Gasteiger partial charge is 0.456 e. The third-order valence-corrected chi connectivity index (χ3v) is 12.6. The monoisotopic (exact) mass is 807 g/mol. The maximum absolute atomic E-state index is 15.0. The molecule has 15 heteroatoms. The van der Waals surface area contributed by atoms with E-state index in [1.807, 2.05) is 0 Å². The second kappa shape index (κ2) is 15.2. The van der Waals surface area contributed by atoms with Crippen LogP contribution in [0.4, 0.5) is 4.79 Å². The van der Waals surface area contributed by atoms with Crippen LogP contribution in [-0.4, -0.2) is 110 Å². The normalized spacial score (nSPS) is 33.7. The van der Waals surface area contributed by atoms with Crippen molar-refractivity contribution in [2.75, 3.05) is 6.61 Å². The Morgan fingerprint density at radius 1 is 0.948 bits per heavy atom. The summed E-state index contributed by atoms with van der Waals surface area (Å²) < 4.78 is 29.6. The number of aliphatic hydroxyl groups is 4. The zero-order valence-corrected chi connectivity index (χ0v) is 33.9. The molecule has 0 radical (unpaired) electrons. The van der Waals surface area contributed by atoms with Gasteiger partial charge in [0.05, 0.1) is 29.6 Å². The summed E-state index contributed by atoms with van der Waals surface area (Å²) in [4.78, 5) is 69.4. The van der Waals surface area contributed by atoms with Gasteiger partial charge >= 0.3 is 24.0 Å². The summed E-state index contributed by atoms with van der Waals surface area (Å²) in [5.41, 5.74) is -8.30. The lowest BCUT2D eigenvalue weighted by Gasteiger charge is -2.67. The van der Waals surface area contributed by atoms with Gasteiger partial charge in [0.25, 0.3) is 0 Å². The van der Waals surface area contributed by atoms with Crippen LogP contribution in [0.25, 0.3) is 0 Å². The van der Waals surface area contributed by atoms with Crippen molar-refractivity contribution in [1.29, 1.82) is 0 Å². The average molecular weight is 808 g/mol. The minimum absolute atomic E-state index is 0.0644. The predicted octanol–water partition coefficient (Wildman–Crippen LogP) is 3.26. The van der Waals surface area contributed by atoms with Gasteiger partial charge in [-0.1, -0.05) is 62.4 Å². The van der Waals surface area contributed by atoms with Crippen molar-refractivity contribution in [3.05, 3.63) is 82.9 Å². The summed E-state index contributed by atoms with van der Waals surface area (Å²) in [6.07, 6.45) is -11.2. The highest BCUT2D eigenvalue weighted by Crippen LogP contribution is 2.64. The first-order valence-corrected chi connectivity index (χ1v) is 19.3. The highest BCUT2D eigenvalue weighted by atomic mass is 16.6. The van der Waals surface area contributed by atoms with E-state index in [0.29, 0.717) is 0 Å². The Morgan fingerprint density at radius 2 is 1.55 bits per heavy atom. The number of amides is 1. The van der Waals surface area contributed by atoms with Gasteiger partial charge in [0.2, 0.25) is 0 Å².